The molecule has 1 N–H and O–H groups in total. The molecule has 0 atom stereocenters. The molecule has 1 aliphatic carbocycles. The summed E-state index contributed by atoms with van der Waals surface area (Å²) < 4.78 is 5.21. The van der Waals surface area contributed by atoms with Gasteiger partial charge in [-0.25, -0.2) is 4.79 Å². The van der Waals surface area contributed by atoms with Gasteiger partial charge in [0.05, 0.1) is 7.11 Å². The number of rotatable bonds is 6. The van der Waals surface area contributed by atoms with E-state index >= 15 is 0 Å². The number of thiophene rings is 1. The van der Waals surface area contributed by atoms with E-state index in [1.165, 1.54) is 62.2 Å². The summed E-state index contributed by atoms with van der Waals surface area (Å²) in [4.78, 5) is 28.6. The van der Waals surface area contributed by atoms with Crippen molar-refractivity contribution in [3.63, 3.8) is 0 Å². The van der Waals surface area contributed by atoms with Crippen LogP contribution in [-0.4, -0.2) is 43.5 Å². The van der Waals surface area contributed by atoms with E-state index in [4.69, 9.17) is 4.74 Å². The third-order valence-electron chi connectivity index (χ3n) is 7.31. The maximum Gasteiger partial charge on any atom is 0.348 e. The predicted octanol–water partition coefficient (Wildman–Crippen LogP) is 6.47. The number of nitrogens with zero attached hydrogens (tertiary/aromatic N) is 1. The summed E-state index contributed by atoms with van der Waals surface area (Å²) in [5.74, 6) is 1.03. The Bertz CT molecular complexity index is 1080. The summed E-state index contributed by atoms with van der Waals surface area (Å²) in [5, 5.41) is 2.86. The number of hydrogen-bond acceptors (Lipinski definition) is 5. The van der Waals surface area contributed by atoms with Crippen LogP contribution in [0.15, 0.2) is 35.9 Å². The third kappa shape index (κ3) is 5.44. The molecule has 0 saturated heterocycles. The first-order chi connectivity index (χ1) is 16.4. The van der Waals surface area contributed by atoms with Crippen LogP contribution in [0.4, 0.5) is 5.69 Å². The molecule has 0 unspecified atom stereocenters. The van der Waals surface area contributed by atoms with Crippen molar-refractivity contribution in [1.29, 1.82) is 0 Å². The standard InChI is InChI=1S/C28H36N2O3S/c1-5-30-14-13-23(25(17-30)20-11-9-18(2)10-12-20)24-16-26(34-27(24)28(32)33-4)21-7-6-8-22(15-21)29-19(3)31/h6-8,15-16,18,20H,5,9-14,17H2,1-4H3,(H,29,31). The summed E-state index contributed by atoms with van der Waals surface area (Å²) in [6.07, 6.45) is 5.99. The lowest BCUT2D eigenvalue weighted by Crippen LogP contribution is -2.34. The van der Waals surface area contributed by atoms with Crippen LogP contribution in [-0.2, 0) is 9.53 Å². The SMILES string of the molecule is CCN1CCC(c2cc(-c3cccc(NC(C)=O)c3)sc2C(=O)OC)=C(C2CCC(C)CC2)C1. The summed E-state index contributed by atoms with van der Waals surface area (Å²) in [6, 6.07) is 9.98. The van der Waals surface area contributed by atoms with Crippen molar-refractivity contribution in [2.75, 3.05) is 32.1 Å². The number of carbonyl (C=O) groups excluding carboxylic acids is 2. The maximum atomic E-state index is 12.9. The molecule has 2 heterocycles. The van der Waals surface area contributed by atoms with Crippen molar-refractivity contribution in [1.82, 2.24) is 4.90 Å². The molecule has 1 fully saturated rings. The molecule has 1 aromatic heterocycles. The second kappa shape index (κ2) is 10.9. The van der Waals surface area contributed by atoms with Gasteiger partial charge in [0, 0.05) is 36.1 Å². The van der Waals surface area contributed by atoms with Gasteiger partial charge in [-0.1, -0.05) is 38.8 Å². The van der Waals surface area contributed by atoms with Gasteiger partial charge in [-0.15, -0.1) is 11.3 Å². The van der Waals surface area contributed by atoms with Crippen molar-refractivity contribution in [2.24, 2.45) is 11.8 Å². The fourth-order valence-corrected chi connectivity index (χ4v) is 6.46. The van der Waals surface area contributed by atoms with E-state index in [0.29, 0.717) is 10.8 Å². The van der Waals surface area contributed by atoms with Crippen LogP contribution in [0.5, 0.6) is 0 Å². The first-order valence-corrected chi connectivity index (χ1v) is 13.3. The van der Waals surface area contributed by atoms with E-state index in [-0.39, 0.29) is 11.9 Å². The predicted molar refractivity (Wildman–Crippen MR) is 140 cm³/mol. The molecule has 4 rings (SSSR count). The van der Waals surface area contributed by atoms with Crippen LogP contribution in [0.1, 0.15) is 68.1 Å². The van der Waals surface area contributed by atoms with E-state index in [1.807, 2.05) is 24.3 Å². The summed E-state index contributed by atoms with van der Waals surface area (Å²) in [5.41, 5.74) is 5.67. The Morgan fingerprint density at radius 2 is 1.94 bits per heavy atom. The average molecular weight is 481 g/mol. The molecule has 34 heavy (non-hydrogen) atoms. The van der Waals surface area contributed by atoms with Crippen molar-refractivity contribution in [3.05, 3.63) is 46.3 Å². The van der Waals surface area contributed by atoms with Gasteiger partial charge in [-0.05, 0) is 72.6 Å². The van der Waals surface area contributed by atoms with Gasteiger partial charge in [-0.2, -0.15) is 0 Å². The topological polar surface area (TPSA) is 58.6 Å². The average Bonchev–Trinajstić information content (AvgIpc) is 3.29. The highest BCUT2D eigenvalue weighted by atomic mass is 32.1. The number of nitrogens with one attached hydrogen (secondary N) is 1. The quantitative estimate of drug-likeness (QED) is 0.482. The molecular formula is C28H36N2O3S. The van der Waals surface area contributed by atoms with Crippen molar-refractivity contribution >= 4 is 34.5 Å². The van der Waals surface area contributed by atoms with Crippen LogP contribution < -0.4 is 5.32 Å². The normalized spacial score (nSPS) is 21.4. The highest BCUT2D eigenvalue weighted by molar-refractivity contribution is 7.17. The highest BCUT2D eigenvalue weighted by Gasteiger charge is 2.31. The Morgan fingerprint density at radius 1 is 1.18 bits per heavy atom. The zero-order valence-corrected chi connectivity index (χ0v) is 21.6. The lowest BCUT2D eigenvalue weighted by molar-refractivity contribution is -0.114. The molecular weight excluding hydrogens is 444 g/mol. The number of ether oxygens (including phenoxy) is 1. The number of benzene rings is 1. The maximum absolute atomic E-state index is 12.9. The van der Waals surface area contributed by atoms with Gasteiger partial charge in [0.25, 0.3) is 0 Å². The molecule has 0 bridgehead atoms. The molecule has 1 aliphatic heterocycles. The minimum absolute atomic E-state index is 0.0986. The van der Waals surface area contributed by atoms with Crippen LogP contribution in [0, 0.1) is 11.8 Å². The molecule has 2 aliphatic rings. The van der Waals surface area contributed by atoms with Crippen molar-refractivity contribution in [3.8, 4) is 10.4 Å². The van der Waals surface area contributed by atoms with Gasteiger partial charge in [0.2, 0.25) is 5.91 Å². The number of carbonyl (C=O) groups is 2. The molecule has 5 nitrogen and oxygen atoms in total. The Labute approximate surface area is 207 Å². The first kappa shape index (κ1) is 24.7. The molecule has 0 spiro atoms. The van der Waals surface area contributed by atoms with Crippen molar-refractivity contribution < 1.29 is 14.3 Å². The van der Waals surface area contributed by atoms with E-state index in [2.05, 4.69) is 30.1 Å². The van der Waals surface area contributed by atoms with Gasteiger partial charge < -0.3 is 10.1 Å². The minimum atomic E-state index is -0.272. The summed E-state index contributed by atoms with van der Waals surface area (Å²) >= 11 is 1.49. The van der Waals surface area contributed by atoms with Crippen LogP contribution in [0.3, 0.4) is 0 Å². The van der Waals surface area contributed by atoms with E-state index < -0.39 is 0 Å². The highest BCUT2D eigenvalue weighted by Crippen LogP contribution is 2.44. The lowest BCUT2D eigenvalue weighted by atomic mass is 9.75. The molecule has 6 heteroatoms. The molecule has 1 amide bonds. The largest absolute Gasteiger partial charge is 0.465 e. The molecule has 182 valence electrons. The van der Waals surface area contributed by atoms with Crippen LogP contribution in [0.2, 0.25) is 0 Å². The second-order valence-electron chi connectivity index (χ2n) is 9.69. The molecule has 2 aromatic rings. The number of methoxy groups -OCH3 is 1. The Morgan fingerprint density at radius 3 is 2.62 bits per heavy atom. The number of anilines is 1. The minimum Gasteiger partial charge on any atom is -0.465 e. The first-order valence-electron chi connectivity index (χ1n) is 12.4. The fraction of sp³-hybridized carbons (Fsp3) is 0.500. The molecule has 0 radical (unpaired) electrons. The van der Waals surface area contributed by atoms with Gasteiger partial charge in [0.1, 0.15) is 4.88 Å². The zero-order chi connectivity index (χ0) is 24.2. The summed E-state index contributed by atoms with van der Waals surface area (Å²) in [7, 11) is 1.46. The smallest absolute Gasteiger partial charge is 0.348 e. The number of hydrogen-bond donors (Lipinski definition) is 1. The van der Waals surface area contributed by atoms with Gasteiger partial charge in [-0.3, -0.25) is 9.69 Å². The third-order valence-corrected chi connectivity index (χ3v) is 8.48. The fourth-order valence-electron chi connectivity index (χ4n) is 5.36. The van der Waals surface area contributed by atoms with Gasteiger partial charge in [0.15, 0.2) is 0 Å². The van der Waals surface area contributed by atoms with E-state index in [0.717, 1.165) is 53.7 Å². The lowest BCUT2D eigenvalue weighted by Gasteiger charge is -2.37. The molecule has 1 aromatic carbocycles. The molecule has 1 saturated carbocycles. The van der Waals surface area contributed by atoms with Gasteiger partial charge >= 0.3 is 5.97 Å². The number of esters is 1. The zero-order valence-electron chi connectivity index (χ0n) is 20.8. The second-order valence-corrected chi connectivity index (χ2v) is 10.7. The van der Waals surface area contributed by atoms with E-state index in [1.54, 1.807) is 0 Å². The Kier molecular flexibility index (Phi) is 7.89. The monoisotopic (exact) mass is 480 g/mol. The van der Waals surface area contributed by atoms with Crippen LogP contribution >= 0.6 is 11.3 Å². The summed E-state index contributed by atoms with van der Waals surface area (Å²) in [6.45, 7) is 9.16. The number of amides is 1. The Hall–Kier alpha value is -2.44. The number of likely N-dealkylation sites (N-methyl/N-ethyl adjacent to an activating group) is 1. The van der Waals surface area contributed by atoms with E-state index in [9.17, 15) is 9.59 Å². The van der Waals surface area contributed by atoms with Crippen molar-refractivity contribution in [2.45, 2.75) is 52.9 Å². The van der Waals surface area contributed by atoms with Crippen LogP contribution in [0.25, 0.3) is 16.0 Å². The Balaban J connectivity index is 1.79.